The summed E-state index contributed by atoms with van der Waals surface area (Å²) in [7, 11) is 3.37. The molecule has 0 aliphatic rings. The smallest absolute Gasteiger partial charge is 0.245 e. The summed E-state index contributed by atoms with van der Waals surface area (Å²) in [6, 6.07) is 0. The van der Waals surface area contributed by atoms with Crippen LogP contribution in [0.5, 0.6) is 0 Å². The summed E-state index contributed by atoms with van der Waals surface area (Å²) >= 11 is 0. The molecule has 0 bridgehead atoms. The van der Waals surface area contributed by atoms with Crippen LogP contribution in [-0.2, 0) is 9.59 Å². The Morgan fingerprint density at radius 1 is 1.11 bits per heavy atom. The summed E-state index contributed by atoms with van der Waals surface area (Å²) < 4.78 is 0. The number of nitrogens with zero attached hydrogens (tertiary/aromatic N) is 1. The van der Waals surface area contributed by atoms with Crippen molar-refractivity contribution in [2.24, 2.45) is 0 Å². The molecular formula is C14H26N2O2. The number of nitrogens with one attached hydrogen (secondary N) is 1. The first-order valence-electron chi connectivity index (χ1n) is 6.23. The van der Waals surface area contributed by atoms with Gasteiger partial charge in [-0.3, -0.25) is 9.59 Å². The normalized spacial score (nSPS) is 8.61. The van der Waals surface area contributed by atoms with Crippen LogP contribution >= 0.6 is 0 Å². The number of hydrogen-bond acceptors (Lipinski definition) is 2. The van der Waals surface area contributed by atoms with Gasteiger partial charge in [-0.15, -0.1) is 0 Å². The maximum absolute atomic E-state index is 10.6. The number of likely N-dealkylation sites (N-methyl/N-ethyl adjacent to an activating group) is 1. The Bertz CT molecular complexity index is 261. The fraction of sp³-hybridized carbons (Fsp3) is 0.571. The molecule has 104 valence electrons. The maximum Gasteiger partial charge on any atom is 0.245 e. The van der Waals surface area contributed by atoms with Gasteiger partial charge in [-0.05, 0) is 18.6 Å². The first-order chi connectivity index (χ1) is 8.49. The second-order valence-electron chi connectivity index (χ2n) is 3.99. The van der Waals surface area contributed by atoms with E-state index in [1.807, 2.05) is 0 Å². The van der Waals surface area contributed by atoms with Crippen LogP contribution in [0.4, 0.5) is 0 Å². The largest absolute Gasteiger partial charge is 0.353 e. The lowest BCUT2D eigenvalue weighted by molar-refractivity contribution is -0.123. The molecule has 0 aromatic heterocycles. The molecule has 0 atom stereocenters. The Morgan fingerprint density at radius 3 is 2.06 bits per heavy atom. The third-order valence-electron chi connectivity index (χ3n) is 2.13. The first-order valence-corrected chi connectivity index (χ1v) is 6.23. The highest BCUT2D eigenvalue weighted by atomic mass is 16.2. The van der Waals surface area contributed by atoms with Gasteiger partial charge in [-0.2, -0.15) is 0 Å². The van der Waals surface area contributed by atoms with Crippen LogP contribution in [0.2, 0.25) is 0 Å². The molecule has 4 nitrogen and oxygen atoms in total. The number of unbranched alkanes of at least 4 members (excludes halogenated alkanes) is 3. The van der Waals surface area contributed by atoms with Crippen LogP contribution in [0.1, 0.15) is 32.6 Å². The van der Waals surface area contributed by atoms with Crippen LogP contribution in [0, 0.1) is 0 Å². The van der Waals surface area contributed by atoms with Crippen molar-refractivity contribution >= 4 is 11.8 Å². The average molecular weight is 254 g/mol. The van der Waals surface area contributed by atoms with Crippen molar-refractivity contribution in [1.29, 1.82) is 0 Å². The third kappa shape index (κ3) is 14.4. The quantitative estimate of drug-likeness (QED) is 0.559. The van der Waals surface area contributed by atoms with E-state index in [9.17, 15) is 9.59 Å². The SMILES string of the molecule is C=CC(=O)N(C)C.C=CC(=O)NCCCCCC. The van der Waals surface area contributed by atoms with Gasteiger partial charge in [-0.25, -0.2) is 0 Å². The molecule has 0 aliphatic carbocycles. The van der Waals surface area contributed by atoms with E-state index >= 15 is 0 Å². The molecule has 0 fully saturated rings. The summed E-state index contributed by atoms with van der Waals surface area (Å²) in [5.41, 5.74) is 0. The van der Waals surface area contributed by atoms with Crippen LogP contribution in [-0.4, -0.2) is 37.4 Å². The highest BCUT2D eigenvalue weighted by Gasteiger charge is 1.92. The van der Waals surface area contributed by atoms with E-state index in [0.29, 0.717) is 0 Å². The zero-order chi connectivity index (χ0) is 14.4. The van der Waals surface area contributed by atoms with Crippen LogP contribution in [0.25, 0.3) is 0 Å². The van der Waals surface area contributed by atoms with E-state index in [0.717, 1.165) is 13.0 Å². The van der Waals surface area contributed by atoms with Crippen molar-refractivity contribution in [2.75, 3.05) is 20.6 Å². The molecular weight excluding hydrogens is 228 g/mol. The molecule has 0 saturated carbocycles. The van der Waals surface area contributed by atoms with E-state index in [-0.39, 0.29) is 11.8 Å². The van der Waals surface area contributed by atoms with Gasteiger partial charge in [0.15, 0.2) is 0 Å². The molecule has 2 amide bonds. The van der Waals surface area contributed by atoms with Crippen molar-refractivity contribution < 1.29 is 9.59 Å². The highest BCUT2D eigenvalue weighted by Crippen LogP contribution is 1.96. The molecule has 0 aromatic rings. The van der Waals surface area contributed by atoms with Crippen LogP contribution in [0.3, 0.4) is 0 Å². The van der Waals surface area contributed by atoms with Gasteiger partial charge in [-0.1, -0.05) is 39.3 Å². The van der Waals surface area contributed by atoms with Gasteiger partial charge >= 0.3 is 0 Å². The number of hydrogen-bond donors (Lipinski definition) is 1. The average Bonchev–Trinajstić information content (AvgIpc) is 2.37. The molecule has 0 unspecified atom stereocenters. The topological polar surface area (TPSA) is 49.4 Å². The van der Waals surface area contributed by atoms with E-state index in [2.05, 4.69) is 25.4 Å². The minimum atomic E-state index is -0.0681. The predicted octanol–water partition coefficient (Wildman–Crippen LogP) is 2.13. The zero-order valence-electron chi connectivity index (χ0n) is 11.9. The highest BCUT2D eigenvalue weighted by molar-refractivity contribution is 5.86. The number of amides is 2. The third-order valence-corrected chi connectivity index (χ3v) is 2.13. The molecule has 0 aromatic carbocycles. The van der Waals surface area contributed by atoms with Gasteiger partial charge < -0.3 is 10.2 Å². The fourth-order valence-corrected chi connectivity index (χ4v) is 1.02. The van der Waals surface area contributed by atoms with Crippen LogP contribution in [0.15, 0.2) is 25.3 Å². The minimum Gasteiger partial charge on any atom is -0.353 e. The number of rotatable bonds is 7. The first kappa shape index (κ1) is 18.8. The van der Waals surface area contributed by atoms with Crippen molar-refractivity contribution in [2.45, 2.75) is 32.6 Å². The van der Waals surface area contributed by atoms with Gasteiger partial charge in [0.05, 0.1) is 0 Å². The Hall–Kier alpha value is -1.58. The van der Waals surface area contributed by atoms with E-state index < -0.39 is 0 Å². The Labute approximate surface area is 111 Å². The lowest BCUT2D eigenvalue weighted by Gasteiger charge is -2.03. The fourth-order valence-electron chi connectivity index (χ4n) is 1.02. The minimum absolute atomic E-state index is 0.0556. The molecule has 0 heterocycles. The summed E-state index contributed by atoms with van der Waals surface area (Å²) in [5, 5.41) is 2.73. The van der Waals surface area contributed by atoms with Crippen molar-refractivity contribution in [3.05, 3.63) is 25.3 Å². The predicted molar refractivity (Wildman–Crippen MR) is 76.2 cm³/mol. The molecule has 0 saturated heterocycles. The summed E-state index contributed by atoms with van der Waals surface area (Å²) in [4.78, 5) is 22.4. The number of carbonyl (C=O) groups excluding carboxylic acids is 2. The Balaban J connectivity index is 0. The maximum atomic E-state index is 10.6. The molecule has 0 spiro atoms. The monoisotopic (exact) mass is 254 g/mol. The van der Waals surface area contributed by atoms with Crippen molar-refractivity contribution in [3.8, 4) is 0 Å². The molecule has 18 heavy (non-hydrogen) atoms. The standard InChI is InChI=1S/C9H17NO.C5H9NO/c1-3-5-6-7-8-10-9(11)4-2;1-4-5(7)6(2)3/h4H,2-3,5-8H2,1H3,(H,10,11);4H,1H2,2-3H3. The molecule has 0 aliphatic heterocycles. The molecule has 0 radical (unpaired) electrons. The Kier molecular flexibility index (Phi) is 14.1. The molecule has 1 N–H and O–H groups in total. The van der Waals surface area contributed by atoms with Gasteiger partial charge in [0.25, 0.3) is 0 Å². The molecule has 0 rings (SSSR count). The summed E-state index contributed by atoms with van der Waals surface area (Å²) in [6.45, 7) is 9.61. The summed E-state index contributed by atoms with van der Waals surface area (Å²) in [5.74, 6) is -0.124. The van der Waals surface area contributed by atoms with Gasteiger partial charge in [0.2, 0.25) is 11.8 Å². The second-order valence-corrected chi connectivity index (χ2v) is 3.99. The lowest BCUT2D eigenvalue weighted by atomic mass is 10.2. The van der Waals surface area contributed by atoms with Gasteiger partial charge in [0.1, 0.15) is 0 Å². The summed E-state index contributed by atoms with van der Waals surface area (Å²) in [6.07, 6.45) is 7.35. The van der Waals surface area contributed by atoms with E-state index in [4.69, 9.17) is 0 Å². The van der Waals surface area contributed by atoms with E-state index in [1.165, 1.54) is 36.3 Å². The van der Waals surface area contributed by atoms with Gasteiger partial charge in [0, 0.05) is 20.6 Å². The second kappa shape index (κ2) is 13.5. The van der Waals surface area contributed by atoms with Crippen molar-refractivity contribution in [1.82, 2.24) is 10.2 Å². The van der Waals surface area contributed by atoms with E-state index in [1.54, 1.807) is 14.1 Å². The Morgan fingerprint density at radius 2 is 1.72 bits per heavy atom. The molecule has 4 heteroatoms. The van der Waals surface area contributed by atoms with Crippen LogP contribution < -0.4 is 5.32 Å². The lowest BCUT2D eigenvalue weighted by Crippen LogP contribution is -2.21. The van der Waals surface area contributed by atoms with Crippen molar-refractivity contribution in [3.63, 3.8) is 0 Å². The number of carbonyl (C=O) groups is 2. The zero-order valence-corrected chi connectivity index (χ0v) is 11.9.